The summed E-state index contributed by atoms with van der Waals surface area (Å²) in [6.07, 6.45) is -3.03. The lowest BCUT2D eigenvalue weighted by molar-refractivity contribution is -0.154. The van der Waals surface area contributed by atoms with Gasteiger partial charge in [-0.1, -0.05) is 6.07 Å². The van der Waals surface area contributed by atoms with Crippen LogP contribution in [0.3, 0.4) is 0 Å². The molecule has 0 saturated carbocycles. The first kappa shape index (κ1) is 23.7. The molecule has 0 amide bonds. The summed E-state index contributed by atoms with van der Waals surface area (Å²) in [6, 6.07) is 3.26. The van der Waals surface area contributed by atoms with Crippen LogP contribution in [0.5, 0.6) is 5.88 Å². The van der Waals surface area contributed by atoms with Crippen LogP contribution in [0.1, 0.15) is 19.4 Å². The van der Waals surface area contributed by atoms with E-state index in [0.29, 0.717) is 37.8 Å². The largest absolute Gasteiger partial charge is 0.468 e. The molecule has 0 bridgehead atoms. The molecule has 144 valence electrons. The Balaban J connectivity index is 0.00000576. The quantitative estimate of drug-likeness (QED) is 0.249. The van der Waals surface area contributed by atoms with E-state index in [4.69, 9.17) is 9.47 Å². The third-order valence-corrected chi connectivity index (χ3v) is 2.72. The number of halogens is 4. The summed E-state index contributed by atoms with van der Waals surface area (Å²) in [6.45, 7) is 4.98. The van der Waals surface area contributed by atoms with Gasteiger partial charge in [-0.25, -0.2) is 9.98 Å². The first-order valence-corrected chi connectivity index (χ1v) is 7.69. The number of nitrogens with one attached hydrogen (secondary N) is 2. The fourth-order valence-electron chi connectivity index (χ4n) is 1.72. The molecule has 0 aliphatic rings. The van der Waals surface area contributed by atoms with Gasteiger partial charge in [0.1, 0.15) is 0 Å². The molecule has 1 heterocycles. The molecule has 1 rings (SSSR count). The van der Waals surface area contributed by atoms with Gasteiger partial charge in [0, 0.05) is 31.5 Å². The number of pyridine rings is 1. The number of hydrogen-bond acceptors (Lipinski definition) is 4. The van der Waals surface area contributed by atoms with Crippen LogP contribution in [-0.4, -0.2) is 50.0 Å². The highest BCUT2D eigenvalue weighted by Crippen LogP contribution is 2.20. The van der Waals surface area contributed by atoms with E-state index in [9.17, 15) is 13.2 Å². The molecule has 0 spiro atoms. The summed E-state index contributed by atoms with van der Waals surface area (Å²) in [4.78, 5) is 8.16. The molecule has 0 aromatic carbocycles. The molecule has 0 saturated heterocycles. The van der Waals surface area contributed by atoms with Crippen LogP contribution >= 0.6 is 24.0 Å². The number of ether oxygens (including phenoxy) is 2. The number of aromatic nitrogens is 1. The van der Waals surface area contributed by atoms with Gasteiger partial charge in [0.15, 0.2) is 12.6 Å². The third-order valence-electron chi connectivity index (χ3n) is 2.72. The van der Waals surface area contributed by atoms with Gasteiger partial charge in [-0.05, 0) is 19.9 Å². The van der Waals surface area contributed by atoms with E-state index in [2.05, 4.69) is 20.6 Å². The van der Waals surface area contributed by atoms with Crippen molar-refractivity contribution in [1.82, 2.24) is 15.6 Å². The maximum Gasteiger partial charge on any atom is 0.422 e. The van der Waals surface area contributed by atoms with Crippen LogP contribution in [-0.2, 0) is 11.3 Å². The summed E-state index contributed by atoms with van der Waals surface area (Å²) >= 11 is 0. The molecule has 1 aromatic heterocycles. The number of rotatable bonds is 9. The predicted octanol–water partition coefficient (Wildman–Crippen LogP) is 2.73. The van der Waals surface area contributed by atoms with Gasteiger partial charge in [0.25, 0.3) is 0 Å². The fourth-order valence-corrected chi connectivity index (χ4v) is 1.72. The lowest BCUT2D eigenvalue weighted by Gasteiger charge is -2.13. The highest BCUT2D eigenvalue weighted by atomic mass is 127. The van der Waals surface area contributed by atoms with E-state index in [1.54, 1.807) is 12.1 Å². The van der Waals surface area contributed by atoms with Crippen LogP contribution in [0.25, 0.3) is 0 Å². The summed E-state index contributed by atoms with van der Waals surface area (Å²) in [5.74, 6) is 0.478. The van der Waals surface area contributed by atoms with Crippen LogP contribution in [0, 0.1) is 0 Å². The maximum absolute atomic E-state index is 12.3. The Morgan fingerprint density at radius 1 is 1.28 bits per heavy atom. The van der Waals surface area contributed by atoms with Gasteiger partial charge in [-0.15, -0.1) is 24.0 Å². The molecule has 2 N–H and O–H groups in total. The highest BCUT2D eigenvalue weighted by Gasteiger charge is 2.29. The number of nitrogens with zero attached hydrogens (tertiary/aromatic N) is 2. The maximum atomic E-state index is 12.3. The zero-order valence-electron chi connectivity index (χ0n) is 14.2. The fraction of sp³-hybridized carbons (Fsp3) is 0.600. The van der Waals surface area contributed by atoms with Crippen LogP contribution < -0.4 is 15.4 Å². The van der Waals surface area contributed by atoms with Crippen molar-refractivity contribution in [3.8, 4) is 5.88 Å². The van der Waals surface area contributed by atoms with Gasteiger partial charge in [0.2, 0.25) is 5.88 Å². The summed E-state index contributed by atoms with van der Waals surface area (Å²) in [7, 11) is 0. The number of hydrogen-bond donors (Lipinski definition) is 2. The Kier molecular flexibility index (Phi) is 12.3. The van der Waals surface area contributed by atoms with Gasteiger partial charge in [0.05, 0.1) is 13.2 Å². The normalized spacial score (nSPS) is 11.6. The van der Waals surface area contributed by atoms with Crippen molar-refractivity contribution in [3.05, 3.63) is 23.9 Å². The number of alkyl halides is 3. The van der Waals surface area contributed by atoms with Crippen molar-refractivity contribution < 1.29 is 22.6 Å². The van der Waals surface area contributed by atoms with E-state index in [1.165, 1.54) is 6.20 Å². The van der Waals surface area contributed by atoms with Gasteiger partial charge >= 0.3 is 6.18 Å². The van der Waals surface area contributed by atoms with E-state index >= 15 is 0 Å². The van der Waals surface area contributed by atoms with Gasteiger partial charge < -0.3 is 20.1 Å². The average Bonchev–Trinajstić information content (AvgIpc) is 2.54. The van der Waals surface area contributed by atoms with Crippen molar-refractivity contribution in [2.75, 3.05) is 32.9 Å². The molecule has 0 fully saturated rings. The lowest BCUT2D eigenvalue weighted by Crippen LogP contribution is -2.39. The highest BCUT2D eigenvalue weighted by molar-refractivity contribution is 14.0. The SMILES string of the molecule is CCNC(=NCc1cccnc1OCC(F)(F)F)NCCOCC.I. The molecule has 0 aliphatic carbocycles. The average molecular weight is 476 g/mol. The van der Waals surface area contributed by atoms with Crippen molar-refractivity contribution in [3.63, 3.8) is 0 Å². The van der Waals surface area contributed by atoms with E-state index in [0.717, 1.165) is 0 Å². The molecule has 10 heteroatoms. The number of aliphatic imine (C=N–C) groups is 1. The Labute approximate surface area is 162 Å². The molecule has 6 nitrogen and oxygen atoms in total. The van der Waals surface area contributed by atoms with E-state index in [-0.39, 0.29) is 36.4 Å². The minimum Gasteiger partial charge on any atom is -0.468 e. The Morgan fingerprint density at radius 3 is 2.68 bits per heavy atom. The van der Waals surface area contributed by atoms with Gasteiger partial charge in [-0.2, -0.15) is 13.2 Å². The minimum absolute atomic E-state index is 0. The molecule has 0 radical (unpaired) electrons. The predicted molar refractivity (Wildman–Crippen MR) is 101 cm³/mol. The smallest absolute Gasteiger partial charge is 0.422 e. The van der Waals surface area contributed by atoms with Crippen molar-refractivity contribution in [2.45, 2.75) is 26.6 Å². The monoisotopic (exact) mass is 476 g/mol. The van der Waals surface area contributed by atoms with E-state index < -0.39 is 12.8 Å². The van der Waals surface area contributed by atoms with Crippen molar-refractivity contribution in [1.29, 1.82) is 0 Å². The second-order valence-corrected chi connectivity index (χ2v) is 4.69. The van der Waals surface area contributed by atoms with Crippen LogP contribution in [0.2, 0.25) is 0 Å². The first-order chi connectivity index (χ1) is 11.5. The molecule has 0 unspecified atom stereocenters. The van der Waals surface area contributed by atoms with Crippen molar-refractivity contribution in [2.24, 2.45) is 4.99 Å². The minimum atomic E-state index is -4.41. The standard InChI is InChI=1S/C15H23F3N4O2.HI/c1-3-19-14(21-8-9-23-4-2)22-10-12-6-5-7-20-13(12)24-11-15(16,17)18;/h5-7H,3-4,8-11H2,1-2H3,(H2,19,21,22);1H. The second-order valence-electron chi connectivity index (χ2n) is 4.69. The van der Waals surface area contributed by atoms with Gasteiger partial charge in [-0.3, -0.25) is 0 Å². The molecule has 25 heavy (non-hydrogen) atoms. The van der Waals surface area contributed by atoms with Crippen LogP contribution in [0.15, 0.2) is 23.3 Å². The summed E-state index contributed by atoms with van der Waals surface area (Å²) in [5.41, 5.74) is 0.476. The topological polar surface area (TPSA) is 67.8 Å². The summed E-state index contributed by atoms with van der Waals surface area (Å²) in [5, 5.41) is 6.12. The van der Waals surface area contributed by atoms with Crippen molar-refractivity contribution >= 4 is 29.9 Å². The summed E-state index contributed by atoms with van der Waals surface area (Å²) < 4.78 is 46.8. The molecular weight excluding hydrogens is 452 g/mol. The molecule has 1 aromatic rings. The molecule has 0 atom stereocenters. The Hall–Kier alpha value is -1.30. The molecular formula is C15H24F3IN4O2. The second kappa shape index (κ2) is 13.0. The number of guanidine groups is 1. The Bertz CT molecular complexity index is 516. The molecule has 0 aliphatic heterocycles. The third kappa shape index (κ3) is 11.0. The van der Waals surface area contributed by atoms with E-state index in [1.807, 2.05) is 13.8 Å². The van der Waals surface area contributed by atoms with Crippen LogP contribution in [0.4, 0.5) is 13.2 Å². The Morgan fingerprint density at radius 2 is 2.04 bits per heavy atom. The zero-order valence-corrected chi connectivity index (χ0v) is 16.6. The zero-order chi connectivity index (χ0) is 17.8. The first-order valence-electron chi connectivity index (χ1n) is 7.69. The lowest BCUT2D eigenvalue weighted by atomic mass is 10.3.